The van der Waals surface area contributed by atoms with Crippen molar-refractivity contribution in [1.82, 2.24) is 9.88 Å². The smallest absolute Gasteiger partial charge is 0.337 e. The minimum atomic E-state index is -2.48. The molecule has 0 aromatic carbocycles. The van der Waals surface area contributed by atoms with Gasteiger partial charge in [0.05, 0.1) is 23.6 Å². The van der Waals surface area contributed by atoms with Crippen molar-refractivity contribution in [3.8, 4) is 0 Å². The van der Waals surface area contributed by atoms with Crippen molar-refractivity contribution in [2.24, 2.45) is 10.4 Å². The Bertz CT molecular complexity index is 925. The van der Waals surface area contributed by atoms with Gasteiger partial charge >= 0.3 is 5.97 Å². The van der Waals surface area contributed by atoms with Gasteiger partial charge in [0, 0.05) is 24.9 Å². The Morgan fingerprint density at radius 2 is 1.88 bits per heavy atom. The van der Waals surface area contributed by atoms with E-state index in [0.29, 0.717) is 24.2 Å². The van der Waals surface area contributed by atoms with E-state index in [4.69, 9.17) is 4.74 Å². The fourth-order valence-electron chi connectivity index (χ4n) is 4.29. The number of carboxylic acids is 1. The largest absolute Gasteiger partial charge is 0.479 e. The number of dihydropyridines is 1. The third-order valence-corrected chi connectivity index (χ3v) is 6.20. The second-order valence-electron chi connectivity index (χ2n) is 10.4. The summed E-state index contributed by atoms with van der Waals surface area (Å²) in [5, 5.41) is 10.0. The number of likely N-dealkylation sites (tertiary alicyclic amines) is 1. The highest BCUT2D eigenvalue weighted by Gasteiger charge is 2.56. The molecule has 0 aliphatic carbocycles. The molecular formula is C24H33F2N3O3. The third kappa shape index (κ3) is 4.85. The predicted octanol–water partition coefficient (Wildman–Crippen LogP) is 4.50. The molecule has 1 unspecified atom stereocenters. The van der Waals surface area contributed by atoms with Crippen molar-refractivity contribution in [2.45, 2.75) is 71.8 Å². The van der Waals surface area contributed by atoms with Crippen LogP contribution < -0.4 is 0 Å². The van der Waals surface area contributed by atoms with E-state index in [-0.39, 0.29) is 23.4 Å². The Hall–Kier alpha value is -2.35. The molecule has 0 saturated carbocycles. The molecule has 0 spiro atoms. The van der Waals surface area contributed by atoms with Crippen LogP contribution in [0.3, 0.4) is 0 Å². The fraction of sp³-hybridized carbons (Fsp3) is 0.625. The second kappa shape index (κ2) is 8.54. The molecule has 1 aromatic heterocycles. The van der Waals surface area contributed by atoms with Crippen molar-refractivity contribution in [1.29, 1.82) is 0 Å². The van der Waals surface area contributed by atoms with E-state index < -0.39 is 29.3 Å². The second-order valence-corrected chi connectivity index (χ2v) is 10.4. The Morgan fingerprint density at radius 1 is 1.25 bits per heavy atom. The lowest BCUT2D eigenvalue weighted by Crippen LogP contribution is -2.59. The first-order valence-corrected chi connectivity index (χ1v) is 11.0. The van der Waals surface area contributed by atoms with E-state index in [1.807, 2.05) is 4.90 Å². The van der Waals surface area contributed by atoms with Gasteiger partial charge in [0.15, 0.2) is 0 Å². The van der Waals surface area contributed by atoms with Crippen molar-refractivity contribution in [3.05, 3.63) is 35.5 Å². The minimum absolute atomic E-state index is 0.0628. The Kier molecular flexibility index (Phi) is 6.48. The van der Waals surface area contributed by atoms with E-state index >= 15 is 4.39 Å². The van der Waals surface area contributed by atoms with Crippen LogP contribution in [0, 0.1) is 11.4 Å². The summed E-state index contributed by atoms with van der Waals surface area (Å²) < 4.78 is 36.5. The first kappa shape index (κ1) is 24.3. The lowest BCUT2D eigenvalue weighted by atomic mass is 9.78. The number of hydrogen-bond donors (Lipinski definition) is 1. The summed E-state index contributed by atoms with van der Waals surface area (Å²) in [4.78, 5) is 22.3. The molecule has 1 aromatic rings. The van der Waals surface area contributed by atoms with E-state index in [0.717, 1.165) is 12.8 Å². The van der Waals surface area contributed by atoms with Gasteiger partial charge in [-0.3, -0.25) is 4.99 Å². The SMILES string of the molecule is CC1=NCC(c2ccc(F)nc2)=C(N2CCC(C)(C)CC2)C1(F)[C@@H](OC(C)(C)C)C(=O)O. The molecule has 0 bridgehead atoms. The summed E-state index contributed by atoms with van der Waals surface area (Å²) in [5.41, 5.74) is -1.94. The maximum Gasteiger partial charge on any atom is 0.337 e. The zero-order valence-corrected chi connectivity index (χ0v) is 19.7. The van der Waals surface area contributed by atoms with Crippen LogP contribution in [0.1, 0.15) is 59.9 Å². The van der Waals surface area contributed by atoms with Crippen LogP contribution in [0.25, 0.3) is 5.57 Å². The van der Waals surface area contributed by atoms with Gasteiger partial charge in [0.1, 0.15) is 0 Å². The Labute approximate surface area is 188 Å². The Morgan fingerprint density at radius 3 is 2.38 bits per heavy atom. The van der Waals surface area contributed by atoms with Crippen LogP contribution in [-0.4, -0.2) is 63.7 Å². The normalized spacial score (nSPS) is 24.9. The van der Waals surface area contributed by atoms with Crippen LogP contribution in [0.2, 0.25) is 0 Å². The van der Waals surface area contributed by atoms with Crippen LogP contribution in [-0.2, 0) is 9.53 Å². The van der Waals surface area contributed by atoms with Crippen molar-refractivity contribution in [3.63, 3.8) is 0 Å². The zero-order valence-electron chi connectivity index (χ0n) is 19.7. The van der Waals surface area contributed by atoms with Gasteiger partial charge in [-0.05, 0) is 63.6 Å². The van der Waals surface area contributed by atoms with Crippen molar-refractivity contribution >= 4 is 17.3 Å². The molecule has 6 nitrogen and oxygen atoms in total. The molecule has 3 heterocycles. The molecule has 32 heavy (non-hydrogen) atoms. The number of alkyl halides is 1. The topological polar surface area (TPSA) is 75.0 Å². The molecule has 2 aliphatic heterocycles. The standard InChI is InChI=1S/C24H33F2N3O3/c1-15-24(26,20(21(30)31)32-22(2,3)4)19(29-11-9-23(5,6)10-12-29)17(14-27-15)16-7-8-18(25)28-13-16/h7-8,13,20H,9-12,14H2,1-6H3,(H,30,31)/t20-,24?/m0/s1. The summed E-state index contributed by atoms with van der Waals surface area (Å²) in [7, 11) is 0. The van der Waals surface area contributed by atoms with Gasteiger partial charge in [-0.25, -0.2) is 14.2 Å². The predicted molar refractivity (Wildman–Crippen MR) is 120 cm³/mol. The first-order chi connectivity index (χ1) is 14.7. The highest BCUT2D eigenvalue weighted by Crippen LogP contribution is 2.44. The van der Waals surface area contributed by atoms with Gasteiger partial charge in [0.25, 0.3) is 0 Å². The number of halogens is 2. The number of aliphatic carboxylic acids is 1. The quantitative estimate of drug-likeness (QED) is 0.670. The number of aromatic nitrogens is 1. The number of carbonyl (C=O) groups is 1. The summed E-state index contributed by atoms with van der Waals surface area (Å²) in [6.07, 6.45) is 1.21. The van der Waals surface area contributed by atoms with Crippen molar-refractivity contribution in [2.75, 3.05) is 19.6 Å². The minimum Gasteiger partial charge on any atom is -0.479 e. The van der Waals surface area contributed by atoms with E-state index in [1.165, 1.54) is 25.3 Å². The van der Waals surface area contributed by atoms with Crippen LogP contribution in [0.4, 0.5) is 8.78 Å². The van der Waals surface area contributed by atoms with Gasteiger partial charge in [0.2, 0.25) is 17.7 Å². The number of carboxylic acid groups (broad SMARTS) is 1. The van der Waals surface area contributed by atoms with Crippen LogP contribution in [0.5, 0.6) is 0 Å². The maximum absolute atomic E-state index is 17.2. The van der Waals surface area contributed by atoms with Gasteiger partial charge in [-0.1, -0.05) is 13.8 Å². The molecule has 1 saturated heterocycles. The molecule has 0 amide bonds. The van der Waals surface area contributed by atoms with E-state index in [1.54, 1.807) is 20.8 Å². The molecular weight excluding hydrogens is 416 g/mol. The average molecular weight is 450 g/mol. The third-order valence-electron chi connectivity index (χ3n) is 6.20. The molecule has 1 fully saturated rings. The lowest BCUT2D eigenvalue weighted by Gasteiger charge is -2.47. The number of piperidine rings is 1. The zero-order chi connectivity index (χ0) is 23.9. The molecule has 1 N–H and O–H groups in total. The number of rotatable bonds is 5. The molecule has 2 atom stereocenters. The van der Waals surface area contributed by atoms with Gasteiger partial charge < -0.3 is 14.7 Å². The van der Waals surface area contributed by atoms with E-state index in [2.05, 4.69) is 23.8 Å². The summed E-state index contributed by atoms with van der Waals surface area (Å²) in [6.45, 7) is 12.2. The summed E-state index contributed by atoms with van der Waals surface area (Å²) in [5.74, 6) is -2.04. The summed E-state index contributed by atoms with van der Waals surface area (Å²) in [6, 6.07) is 2.74. The molecule has 8 heteroatoms. The number of aliphatic imine (C=N–C) groups is 1. The summed E-state index contributed by atoms with van der Waals surface area (Å²) >= 11 is 0. The monoisotopic (exact) mass is 449 g/mol. The number of nitrogens with zero attached hydrogens (tertiary/aromatic N) is 3. The molecule has 3 rings (SSSR count). The van der Waals surface area contributed by atoms with Crippen molar-refractivity contribution < 1.29 is 23.4 Å². The maximum atomic E-state index is 17.2. The number of hydrogen-bond acceptors (Lipinski definition) is 5. The van der Waals surface area contributed by atoms with Crippen LogP contribution >= 0.6 is 0 Å². The van der Waals surface area contributed by atoms with Gasteiger partial charge in [-0.15, -0.1) is 0 Å². The average Bonchev–Trinajstić information content (AvgIpc) is 2.68. The first-order valence-electron chi connectivity index (χ1n) is 11.0. The number of ether oxygens (including phenoxy) is 1. The highest BCUT2D eigenvalue weighted by atomic mass is 19.1. The van der Waals surface area contributed by atoms with Gasteiger partial charge in [-0.2, -0.15) is 4.39 Å². The Balaban J connectivity index is 2.21. The van der Waals surface area contributed by atoms with E-state index in [9.17, 15) is 14.3 Å². The highest BCUT2D eigenvalue weighted by molar-refractivity contribution is 6.02. The molecule has 176 valence electrons. The fourth-order valence-corrected chi connectivity index (χ4v) is 4.29. The number of pyridine rings is 1. The van der Waals surface area contributed by atoms with Crippen LogP contribution in [0.15, 0.2) is 29.0 Å². The molecule has 2 aliphatic rings. The lowest BCUT2D eigenvalue weighted by molar-refractivity contribution is -0.170. The molecule has 0 radical (unpaired) electrons.